The Morgan fingerprint density at radius 2 is 3.00 bits per heavy atom. The fraction of sp³-hybridized carbons (Fsp3) is 0. The Morgan fingerprint density at radius 1 is 2.00 bits per heavy atom. The van der Waals surface area contributed by atoms with Crippen LogP contribution < -0.4 is 4.72 Å². The van der Waals surface area contributed by atoms with Crippen molar-refractivity contribution in [3.05, 3.63) is 0 Å². The summed E-state index contributed by atoms with van der Waals surface area (Å²) in [5, 5.41) is 3.19. The van der Waals surface area contributed by atoms with E-state index in [0.29, 0.717) is 0 Å². The van der Waals surface area contributed by atoms with Crippen LogP contribution in [0.25, 0.3) is 0 Å². The highest BCUT2D eigenvalue weighted by molar-refractivity contribution is 7.93. The van der Waals surface area contributed by atoms with E-state index in [-0.39, 0.29) is 0 Å². The molecule has 1 heterocycles. The molecule has 0 saturated carbocycles. The van der Waals surface area contributed by atoms with Gasteiger partial charge in [0.05, 0.1) is 0 Å². The summed E-state index contributed by atoms with van der Waals surface area (Å²) in [5.74, 6) is 0. The summed E-state index contributed by atoms with van der Waals surface area (Å²) in [7, 11) is 0. The summed E-state index contributed by atoms with van der Waals surface area (Å²) in [6, 6.07) is 0. The first-order chi connectivity index (χ1) is 2.50. The van der Waals surface area contributed by atoms with Crippen LogP contribution in [0.3, 0.4) is 0 Å². The first kappa shape index (κ1) is 2.84. The smallest absolute Gasteiger partial charge is 0.226 e. The van der Waals surface area contributed by atoms with E-state index < -0.39 is 0 Å². The first-order valence-corrected chi connectivity index (χ1v) is 1.77. The van der Waals surface area contributed by atoms with Crippen molar-refractivity contribution in [2.45, 2.75) is 0 Å². The lowest BCUT2D eigenvalue weighted by Crippen LogP contribution is -1.87. The summed E-state index contributed by atoms with van der Waals surface area (Å²) < 4.78 is 6.76. The van der Waals surface area contributed by atoms with E-state index >= 15 is 0 Å². The Morgan fingerprint density at radius 3 is 3.20 bits per heavy atom. The monoisotopic (exact) mass is 89.0 g/mol. The summed E-state index contributed by atoms with van der Waals surface area (Å²) in [5.41, 5.74) is 0. The third kappa shape index (κ3) is 0.445. The molecule has 1 radical (unpaired) electrons. The summed E-state index contributed by atoms with van der Waals surface area (Å²) >= 11 is 1.05. The summed E-state index contributed by atoms with van der Waals surface area (Å²) in [6.45, 7) is 0. The molecular weight excluding hydrogens is 88.1 g/mol. The topological polar surface area (TPSA) is 33.6 Å². The van der Waals surface area contributed by atoms with Gasteiger partial charge in [-0.1, -0.05) is 0 Å². The summed E-state index contributed by atoms with van der Waals surface area (Å²) in [6.07, 6.45) is 2.34. The lowest BCUT2D eigenvalue weighted by molar-refractivity contribution is 0.418. The van der Waals surface area contributed by atoms with Crippen LogP contribution in [0.15, 0.2) is 5.16 Å². The third-order valence-electron chi connectivity index (χ3n) is 0.207. The molecule has 27 valence electrons. The van der Waals surface area contributed by atoms with Gasteiger partial charge in [0.2, 0.25) is 18.6 Å². The SMILES string of the molecule is [C]1=NOSN1. The highest BCUT2D eigenvalue weighted by Crippen LogP contribution is 1.97. The number of hydrogen-bond donors (Lipinski definition) is 1. The molecule has 0 spiro atoms. The molecule has 0 atom stereocenters. The normalized spacial score (nSPS) is 17.6. The van der Waals surface area contributed by atoms with Crippen LogP contribution in [-0.4, -0.2) is 6.34 Å². The molecule has 0 unspecified atom stereocenters. The molecule has 3 nitrogen and oxygen atoms in total. The van der Waals surface area contributed by atoms with Gasteiger partial charge in [0.15, 0.2) is 0 Å². The van der Waals surface area contributed by atoms with Gasteiger partial charge in [0.1, 0.15) is 0 Å². The Balaban J connectivity index is 2.32. The molecule has 0 aromatic rings. The van der Waals surface area contributed by atoms with E-state index in [4.69, 9.17) is 0 Å². The molecular formula is CHN2OS. The molecule has 0 fully saturated rings. The van der Waals surface area contributed by atoms with Crippen LogP contribution in [-0.2, 0) is 4.28 Å². The van der Waals surface area contributed by atoms with Gasteiger partial charge in [0, 0.05) is 0 Å². The maximum Gasteiger partial charge on any atom is 0.226 e. The standard InChI is InChI=1S/CHN2OS/c1-2-4-5-3-1/h(H,2,3). The average molecular weight is 89.1 g/mol. The molecule has 4 heteroatoms. The second kappa shape index (κ2) is 1.16. The van der Waals surface area contributed by atoms with E-state index in [9.17, 15) is 0 Å². The van der Waals surface area contributed by atoms with Crippen LogP contribution in [0.5, 0.6) is 0 Å². The van der Waals surface area contributed by atoms with Crippen LogP contribution in [0.1, 0.15) is 0 Å². The van der Waals surface area contributed by atoms with E-state index in [2.05, 4.69) is 20.5 Å². The zero-order valence-corrected chi connectivity index (χ0v) is 3.08. The third-order valence-corrected chi connectivity index (χ3v) is 0.531. The van der Waals surface area contributed by atoms with Crippen molar-refractivity contribution in [2.24, 2.45) is 5.16 Å². The van der Waals surface area contributed by atoms with Gasteiger partial charge >= 0.3 is 0 Å². The molecule has 5 heavy (non-hydrogen) atoms. The highest BCUT2D eigenvalue weighted by atomic mass is 32.2. The van der Waals surface area contributed by atoms with Gasteiger partial charge in [-0.2, -0.15) is 0 Å². The minimum atomic E-state index is 1.05. The quantitative estimate of drug-likeness (QED) is 0.335. The van der Waals surface area contributed by atoms with Crippen molar-refractivity contribution in [3.8, 4) is 0 Å². The van der Waals surface area contributed by atoms with E-state index in [1.807, 2.05) is 0 Å². The van der Waals surface area contributed by atoms with Gasteiger partial charge in [-0.15, -0.1) is 0 Å². The first-order valence-electron chi connectivity index (χ1n) is 1.03. The fourth-order valence-electron chi connectivity index (χ4n) is 0.0932. The molecule has 0 aromatic heterocycles. The average Bonchev–Trinajstić information content (AvgIpc) is 1.76. The molecule has 0 saturated heterocycles. The van der Waals surface area contributed by atoms with Crippen LogP contribution in [0.2, 0.25) is 0 Å². The number of hydrogen-bond acceptors (Lipinski definition) is 4. The summed E-state index contributed by atoms with van der Waals surface area (Å²) in [4.78, 5) is 0. The van der Waals surface area contributed by atoms with Crippen LogP contribution in [0.4, 0.5) is 0 Å². The Bertz CT molecular complexity index is 47.6. The van der Waals surface area contributed by atoms with Crippen LogP contribution in [0, 0.1) is 0 Å². The van der Waals surface area contributed by atoms with Gasteiger partial charge < -0.3 is 0 Å². The lowest BCUT2D eigenvalue weighted by atomic mass is 11.4. The Hall–Kier alpha value is -0.380. The van der Waals surface area contributed by atoms with E-state index in [1.54, 1.807) is 0 Å². The van der Waals surface area contributed by atoms with E-state index in [0.717, 1.165) is 12.2 Å². The van der Waals surface area contributed by atoms with E-state index in [1.165, 1.54) is 0 Å². The van der Waals surface area contributed by atoms with Gasteiger partial charge in [-0.05, 0) is 5.16 Å². The predicted octanol–water partition coefficient (Wildman–Crippen LogP) is -0.0103. The molecule has 1 N–H and O–H groups in total. The fourth-order valence-corrected chi connectivity index (χ4v) is 0.280. The molecule has 0 aliphatic carbocycles. The van der Waals surface area contributed by atoms with Crippen molar-refractivity contribution in [3.63, 3.8) is 0 Å². The van der Waals surface area contributed by atoms with Crippen molar-refractivity contribution in [1.82, 2.24) is 4.72 Å². The second-order valence-electron chi connectivity index (χ2n) is 0.463. The molecule has 0 amide bonds. The predicted molar refractivity (Wildman–Crippen MR) is 19.2 cm³/mol. The van der Waals surface area contributed by atoms with Gasteiger partial charge in [-0.3, -0.25) is 9.01 Å². The van der Waals surface area contributed by atoms with Gasteiger partial charge in [0.25, 0.3) is 0 Å². The maximum absolute atomic E-state index is 4.26. The molecule has 0 bridgehead atoms. The zero-order valence-electron chi connectivity index (χ0n) is 2.26. The zero-order chi connectivity index (χ0) is 3.54. The van der Waals surface area contributed by atoms with Gasteiger partial charge in [-0.25, -0.2) is 0 Å². The minimum absolute atomic E-state index is 1.05. The highest BCUT2D eigenvalue weighted by Gasteiger charge is 1.87. The Labute approximate surface area is 33.7 Å². The number of rotatable bonds is 0. The Kier molecular flexibility index (Phi) is 0.660. The van der Waals surface area contributed by atoms with Crippen molar-refractivity contribution in [1.29, 1.82) is 0 Å². The van der Waals surface area contributed by atoms with Crippen molar-refractivity contribution >= 4 is 18.6 Å². The second-order valence-corrected chi connectivity index (χ2v) is 0.983. The van der Waals surface area contributed by atoms with Crippen molar-refractivity contribution in [2.75, 3.05) is 0 Å². The number of nitrogens with one attached hydrogen (secondary N) is 1. The largest absolute Gasteiger partial charge is 0.297 e. The molecule has 1 aliphatic heterocycles. The number of nitrogens with zero attached hydrogens (tertiary/aromatic N) is 1. The maximum atomic E-state index is 4.26. The molecule has 1 rings (SSSR count). The van der Waals surface area contributed by atoms with Crippen molar-refractivity contribution < 1.29 is 4.28 Å². The minimum Gasteiger partial charge on any atom is -0.297 e. The van der Waals surface area contributed by atoms with Crippen LogP contribution >= 0.6 is 12.2 Å². The molecule has 1 aliphatic rings. The lowest BCUT2D eigenvalue weighted by Gasteiger charge is -1.72. The molecule has 0 aromatic carbocycles.